The number of benzene rings is 2. The summed E-state index contributed by atoms with van der Waals surface area (Å²) in [5.41, 5.74) is 4.86. The van der Waals surface area contributed by atoms with Crippen molar-refractivity contribution < 1.29 is 27.5 Å². The zero-order valence-corrected chi connectivity index (χ0v) is 22.8. The van der Waals surface area contributed by atoms with E-state index in [0.29, 0.717) is 11.5 Å². The molecule has 1 heterocycles. The standard InChI is InChI=1S/C30H34F3N3O3/c1-18(2)14-26(25-11-8-22(17-35-25)29(38)34-13-12-27(37)39-5)36-24-15-19(3)28(20(4)16-24)21-6-9-23(10-7-21)30(31,32)33/h6-11,15-18,26,36H,12-14H2,1-5H3,(H,34,38). The van der Waals surface area contributed by atoms with Gasteiger partial charge in [0.2, 0.25) is 0 Å². The van der Waals surface area contributed by atoms with Crippen LogP contribution < -0.4 is 10.6 Å². The highest BCUT2D eigenvalue weighted by molar-refractivity contribution is 5.94. The monoisotopic (exact) mass is 541 g/mol. The van der Waals surface area contributed by atoms with Crippen LogP contribution in [-0.2, 0) is 15.7 Å². The maximum Gasteiger partial charge on any atom is 0.416 e. The van der Waals surface area contributed by atoms with Crippen LogP contribution in [-0.4, -0.2) is 30.5 Å². The molecular formula is C30H34F3N3O3. The number of anilines is 1. The molecule has 2 N–H and O–H groups in total. The molecule has 39 heavy (non-hydrogen) atoms. The molecule has 6 nitrogen and oxygen atoms in total. The van der Waals surface area contributed by atoms with Gasteiger partial charge < -0.3 is 15.4 Å². The number of aryl methyl sites for hydroxylation is 2. The Bertz CT molecular complexity index is 1260. The summed E-state index contributed by atoms with van der Waals surface area (Å²) < 4.78 is 43.5. The molecule has 0 aliphatic rings. The molecule has 1 atom stereocenters. The third-order valence-electron chi connectivity index (χ3n) is 6.33. The van der Waals surface area contributed by atoms with Crippen molar-refractivity contribution in [3.63, 3.8) is 0 Å². The van der Waals surface area contributed by atoms with Crippen molar-refractivity contribution in [2.75, 3.05) is 19.0 Å². The molecule has 3 rings (SSSR count). The van der Waals surface area contributed by atoms with Gasteiger partial charge in [-0.1, -0.05) is 26.0 Å². The number of pyridine rings is 1. The van der Waals surface area contributed by atoms with Gasteiger partial charge in [-0.2, -0.15) is 13.2 Å². The fraction of sp³-hybridized carbons (Fsp3) is 0.367. The number of esters is 1. The SMILES string of the molecule is COC(=O)CCNC(=O)c1ccc(C(CC(C)C)Nc2cc(C)c(-c3ccc(C(F)(F)F)cc3)c(C)c2)nc1. The second-order valence-electron chi connectivity index (χ2n) is 9.94. The first-order valence-electron chi connectivity index (χ1n) is 12.8. The topological polar surface area (TPSA) is 80.3 Å². The van der Waals surface area contributed by atoms with Crippen molar-refractivity contribution in [1.29, 1.82) is 0 Å². The van der Waals surface area contributed by atoms with Gasteiger partial charge in [0, 0.05) is 18.4 Å². The van der Waals surface area contributed by atoms with Crippen LogP contribution in [0, 0.1) is 19.8 Å². The number of ether oxygens (including phenoxy) is 1. The van der Waals surface area contributed by atoms with Crippen molar-refractivity contribution in [3.05, 3.63) is 82.7 Å². The minimum atomic E-state index is -4.37. The Morgan fingerprint density at radius 3 is 2.15 bits per heavy atom. The quantitative estimate of drug-likeness (QED) is 0.274. The number of hydrogen-bond donors (Lipinski definition) is 2. The average Bonchev–Trinajstić information content (AvgIpc) is 2.87. The largest absolute Gasteiger partial charge is 0.469 e. The van der Waals surface area contributed by atoms with Crippen LogP contribution in [0.3, 0.4) is 0 Å². The first-order valence-corrected chi connectivity index (χ1v) is 12.8. The van der Waals surface area contributed by atoms with Crippen molar-refractivity contribution in [1.82, 2.24) is 10.3 Å². The lowest BCUT2D eigenvalue weighted by Crippen LogP contribution is -2.26. The van der Waals surface area contributed by atoms with Crippen LogP contribution in [0.2, 0.25) is 0 Å². The van der Waals surface area contributed by atoms with Crippen LogP contribution in [0.1, 0.15) is 65.5 Å². The summed E-state index contributed by atoms with van der Waals surface area (Å²) in [4.78, 5) is 28.2. The summed E-state index contributed by atoms with van der Waals surface area (Å²) in [6.07, 6.45) is -1.98. The van der Waals surface area contributed by atoms with E-state index in [4.69, 9.17) is 0 Å². The summed E-state index contributed by atoms with van der Waals surface area (Å²) in [7, 11) is 1.30. The number of nitrogens with one attached hydrogen (secondary N) is 2. The molecule has 1 amide bonds. The molecule has 9 heteroatoms. The highest BCUT2D eigenvalue weighted by Crippen LogP contribution is 2.35. The predicted molar refractivity (Wildman–Crippen MR) is 145 cm³/mol. The van der Waals surface area contributed by atoms with Crippen LogP contribution in [0.15, 0.2) is 54.7 Å². The number of aromatic nitrogens is 1. The van der Waals surface area contributed by atoms with E-state index in [0.717, 1.165) is 52.2 Å². The second-order valence-corrected chi connectivity index (χ2v) is 9.94. The Balaban J connectivity index is 1.78. The van der Waals surface area contributed by atoms with Crippen molar-refractivity contribution >= 4 is 17.6 Å². The minimum absolute atomic E-state index is 0.0879. The Hall–Kier alpha value is -3.88. The molecule has 1 aromatic heterocycles. The fourth-order valence-electron chi connectivity index (χ4n) is 4.48. The Morgan fingerprint density at radius 2 is 1.64 bits per heavy atom. The van der Waals surface area contributed by atoms with Gasteiger partial charge in [-0.05, 0) is 84.8 Å². The summed E-state index contributed by atoms with van der Waals surface area (Å²) in [6, 6.07) is 12.6. The molecule has 1 unspecified atom stereocenters. The van der Waals surface area contributed by atoms with E-state index in [1.54, 1.807) is 6.07 Å². The lowest BCUT2D eigenvalue weighted by Gasteiger charge is -2.23. The van der Waals surface area contributed by atoms with Crippen LogP contribution >= 0.6 is 0 Å². The van der Waals surface area contributed by atoms with E-state index < -0.39 is 17.7 Å². The van der Waals surface area contributed by atoms with Gasteiger partial charge in [0.1, 0.15) is 0 Å². The summed E-state index contributed by atoms with van der Waals surface area (Å²) in [5, 5.41) is 6.23. The summed E-state index contributed by atoms with van der Waals surface area (Å²) in [5.74, 6) is -0.361. The lowest BCUT2D eigenvalue weighted by molar-refractivity contribution is -0.140. The van der Waals surface area contributed by atoms with Gasteiger partial charge in [-0.25, -0.2) is 0 Å². The number of methoxy groups -OCH3 is 1. The van der Waals surface area contributed by atoms with E-state index in [-0.39, 0.29) is 24.9 Å². The minimum Gasteiger partial charge on any atom is -0.469 e. The number of halogens is 3. The molecule has 0 fully saturated rings. The van der Waals surface area contributed by atoms with Gasteiger partial charge in [0.05, 0.1) is 36.4 Å². The summed E-state index contributed by atoms with van der Waals surface area (Å²) in [6.45, 7) is 8.28. The smallest absolute Gasteiger partial charge is 0.416 e. The molecule has 0 saturated carbocycles. The van der Waals surface area contributed by atoms with E-state index >= 15 is 0 Å². The van der Waals surface area contributed by atoms with Crippen LogP contribution in [0.25, 0.3) is 11.1 Å². The van der Waals surface area contributed by atoms with Crippen LogP contribution in [0.5, 0.6) is 0 Å². The lowest BCUT2D eigenvalue weighted by atomic mass is 9.93. The van der Waals surface area contributed by atoms with Gasteiger partial charge >= 0.3 is 12.1 Å². The van der Waals surface area contributed by atoms with E-state index in [1.165, 1.54) is 25.4 Å². The molecule has 0 spiro atoms. The van der Waals surface area contributed by atoms with E-state index in [9.17, 15) is 22.8 Å². The summed E-state index contributed by atoms with van der Waals surface area (Å²) >= 11 is 0. The van der Waals surface area contributed by atoms with E-state index in [1.807, 2.05) is 32.0 Å². The molecule has 208 valence electrons. The number of alkyl halides is 3. The molecule has 2 aromatic carbocycles. The Labute approximate surface area is 227 Å². The predicted octanol–water partition coefficient (Wildman–Crippen LogP) is 6.88. The van der Waals surface area contributed by atoms with Crippen molar-refractivity contribution in [2.24, 2.45) is 5.92 Å². The van der Waals surface area contributed by atoms with Gasteiger partial charge in [-0.3, -0.25) is 14.6 Å². The molecule has 3 aromatic rings. The first kappa shape index (κ1) is 29.7. The Morgan fingerprint density at radius 1 is 1.00 bits per heavy atom. The highest BCUT2D eigenvalue weighted by Gasteiger charge is 2.30. The van der Waals surface area contributed by atoms with Gasteiger partial charge in [0.25, 0.3) is 5.91 Å². The van der Waals surface area contributed by atoms with Crippen molar-refractivity contribution in [3.8, 4) is 11.1 Å². The number of carbonyl (C=O) groups excluding carboxylic acids is 2. The number of hydrogen-bond acceptors (Lipinski definition) is 5. The second kappa shape index (κ2) is 12.8. The zero-order valence-electron chi connectivity index (χ0n) is 22.8. The first-order chi connectivity index (χ1) is 18.4. The molecule has 0 saturated heterocycles. The maximum atomic E-state index is 13.0. The Kier molecular flexibility index (Phi) is 9.72. The molecule has 0 bridgehead atoms. The average molecular weight is 542 g/mol. The third-order valence-corrected chi connectivity index (χ3v) is 6.33. The normalized spacial score (nSPS) is 12.2. The number of rotatable bonds is 10. The number of nitrogens with zero attached hydrogens (tertiary/aromatic N) is 1. The van der Waals surface area contributed by atoms with Gasteiger partial charge in [-0.15, -0.1) is 0 Å². The van der Waals surface area contributed by atoms with E-state index in [2.05, 4.69) is 34.2 Å². The number of carbonyl (C=O) groups is 2. The molecule has 0 aliphatic heterocycles. The number of amides is 1. The van der Waals surface area contributed by atoms with Gasteiger partial charge in [0.15, 0.2) is 0 Å². The highest BCUT2D eigenvalue weighted by atomic mass is 19.4. The molecular weight excluding hydrogens is 507 g/mol. The molecule has 0 radical (unpaired) electrons. The zero-order chi connectivity index (χ0) is 28.7. The fourth-order valence-corrected chi connectivity index (χ4v) is 4.48. The van der Waals surface area contributed by atoms with Crippen LogP contribution in [0.4, 0.5) is 18.9 Å². The third kappa shape index (κ3) is 8.05. The van der Waals surface area contributed by atoms with Crippen molar-refractivity contribution in [2.45, 2.75) is 52.8 Å². The molecule has 0 aliphatic carbocycles. The maximum absolute atomic E-state index is 13.0.